The molecule has 1 heterocycles. The number of amides is 1. The summed E-state index contributed by atoms with van der Waals surface area (Å²) in [5, 5.41) is 15.7. The number of carboxylic acid groups (broad SMARTS) is 1. The van der Waals surface area contributed by atoms with Crippen LogP contribution in [0, 0.1) is 5.82 Å². The second-order valence-electron chi connectivity index (χ2n) is 6.37. The molecule has 0 radical (unpaired) electrons. The molecule has 2 aromatic carbocycles. The standard InChI is InChI=1S/C20H17FN2O6/c1-28-18(26)14-4-2-3-5-15(14)22-19(27)20(11-17(24)25)10-16(23-29-20)12-6-8-13(21)9-7-12/h2-9H,10-11H2,1H3,(H,22,27)(H,24,25). The Morgan fingerprint density at radius 2 is 1.90 bits per heavy atom. The van der Waals surface area contributed by atoms with E-state index in [1.165, 1.54) is 43.5 Å². The highest BCUT2D eigenvalue weighted by Gasteiger charge is 2.49. The minimum Gasteiger partial charge on any atom is -0.481 e. The van der Waals surface area contributed by atoms with Crippen LogP contribution in [0.3, 0.4) is 0 Å². The van der Waals surface area contributed by atoms with Crippen LogP contribution in [0.5, 0.6) is 0 Å². The van der Waals surface area contributed by atoms with Crippen molar-refractivity contribution in [1.29, 1.82) is 0 Å². The quantitative estimate of drug-likeness (QED) is 0.721. The van der Waals surface area contributed by atoms with Crippen LogP contribution in [0.4, 0.5) is 10.1 Å². The van der Waals surface area contributed by atoms with Gasteiger partial charge in [-0.05, 0) is 29.8 Å². The number of carbonyl (C=O) groups is 3. The zero-order chi connectivity index (χ0) is 21.0. The normalized spacial score (nSPS) is 17.8. The van der Waals surface area contributed by atoms with Gasteiger partial charge in [0.2, 0.25) is 5.60 Å². The van der Waals surface area contributed by atoms with Crippen LogP contribution in [-0.2, 0) is 19.2 Å². The average molecular weight is 400 g/mol. The van der Waals surface area contributed by atoms with Crippen LogP contribution in [-0.4, -0.2) is 41.4 Å². The Kier molecular flexibility index (Phi) is 5.58. The second-order valence-corrected chi connectivity index (χ2v) is 6.37. The minimum absolute atomic E-state index is 0.103. The predicted molar refractivity (Wildman–Crippen MR) is 100 cm³/mol. The first-order chi connectivity index (χ1) is 13.8. The number of esters is 1. The molecule has 0 saturated heterocycles. The molecule has 150 valence electrons. The number of ether oxygens (including phenoxy) is 1. The number of carboxylic acids is 1. The number of nitrogens with one attached hydrogen (secondary N) is 1. The molecule has 9 heteroatoms. The fraction of sp³-hybridized carbons (Fsp3) is 0.200. The van der Waals surface area contributed by atoms with E-state index in [1.54, 1.807) is 12.1 Å². The summed E-state index contributed by atoms with van der Waals surface area (Å²) in [5.41, 5.74) is -0.762. The van der Waals surface area contributed by atoms with Crippen LogP contribution in [0.15, 0.2) is 53.7 Å². The predicted octanol–water partition coefficient (Wildman–Crippen LogP) is 2.59. The third-order valence-electron chi connectivity index (χ3n) is 4.39. The summed E-state index contributed by atoms with van der Waals surface area (Å²) in [7, 11) is 1.20. The molecule has 0 bridgehead atoms. The van der Waals surface area contributed by atoms with E-state index < -0.39 is 35.7 Å². The Balaban J connectivity index is 1.87. The van der Waals surface area contributed by atoms with E-state index in [1.807, 2.05) is 0 Å². The molecule has 0 saturated carbocycles. The maximum absolute atomic E-state index is 13.1. The van der Waals surface area contributed by atoms with Gasteiger partial charge in [0.1, 0.15) is 5.82 Å². The van der Waals surface area contributed by atoms with Crippen LogP contribution >= 0.6 is 0 Å². The van der Waals surface area contributed by atoms with Gasteiger partial charge in [0, 0.05) is 6.42 Å². The van der Waals surface area contributed by atoms with Crippen molar-refractivity contribution in [3.8, 4) is 0 Å². The van der Waals surface area contributed by atoms with E-state index in [4.69, 9.17) is 4.84 Å². The molecule has 2 aromatic rings. The number of halogens is 1. The molecule has 1 atom stereocenters. The van der Waals surface area contributed by atoms with E-state index in [-0.39, 0.29) is 17.7 Å². The molecule has 0 aromatic heterocycles. The lowest BCUT2D eigenvalue weighted by Crippen LogP contribution is -2.45. The first-order valence-corrected chi connectivity index (χ1v) is 8.56. The molecule has 2 N–H and O–H groups in total. The molecule has 3 rings (SSSR count). The first-order valence-electron chi connectivity index (χ1n) is 8.56. The highest BCUT2D eigenvalue weighted by atomic mass is 19.1. The lowest BCUT2D eigenvalue weighted by molar-refractivity contribution is -0.152. The molecular formula is C20H17FN2O6. The number of hydrogen-bond acceptors (Lipinski definition) is 6. The molecule has 1 amide bonds. The van der Waals surface area contributed by atoms with Crippen LogP contribution in [0.1, 0.15) is 28.8 Å². The Bertz CT molecular complexity index is 989. The van der Waals surface area contributed by atoms with Crippen molar-refractivity contribution in [3.63, 3.8) is 0 Å². The number of benzene rings is 2. The summed E-state index contributed by atoms with van der Waals surface area (Å²) in [5.74, 6) is -3.15. The number of nitrogens with zero attached hydrogens (tertiary/aromatic N) is 1. The van der Waals surface area contributed by atoms with Crippen LogP contribution in [0.2, 0.25) is 0 Å². The van der Waals surface area contributed by atoms with E-state index in [9.17, 15) is 23.9 Å². The first kappa shape index (κ1) is 20.0. The van der Waals surface area contributed by atoms with Crippen molar-refractivity contribution in [3.05, 3.63) is 65.5 Å². The molecule has 8 nitrogen and oxygen atoms in total. The van der Waals surface area contributed by atoms with Gasteiger partial charge in [-0.25, -0.2) is 9.18 Å². The van der Waals surface area contributed by atoms with Crippen molar-refractivity contribution in [2.45, 2.75) is 18.4 Å². The van der Waals surface area contributed by atoms with Gasteiger partial charge in [0.25, 0.3) is 5.91 Å². The fourth-order valence-electron chi connectivity index (χ4n) is 2.93. The summed E-state index contributed by atoms with van der Waals surface area (Å²) in [4.78, 5) is 41.6. The average Bonchev–Trinajstić information content (AvgIpc) is 3.13. The topological polar surface area (TPSA) is 114 Å². The Morgan fingerprint density at radius 1 is 1.21 bits per heavy atom. The van der Waals surface area contributed by atoms with Crippen molar-refractivity contribution in [2.75, 3.05) is 12.4 Å². The van der Waals surface area contributed by atoms with Crippen LogP contribution < -0.4 is 5.32 Å². The van der Waals surface area contributed by atoms with Crippen molar-refractivity contribution < 1.29 is 33.5 Å². The van der Waals surface area contributed by atoms with E-state index in [0.717, 1.165) is 0 Å². The molecule has 1 unspecified atom stereocenters. The summed E-state index contributed by atoms with van der Waals surface area (Å²) in [6.07, 6.45) is -0.801. The Morgan fingerprint density at radius 3 is 2.55 bits per heavy atom. The van der Waals surface area contributed by atoms with Crippen molar-refractivity contribution >= 4 is 29.2 Å². The largest absolute Gasteiger partial charge is 0.481 e. The molecule has 1 aliphatic rings. The zero-order valence-electron chi connectivity index (χ0n) is 15.3. The highest BCUT2D eigenvalue weighted by Crippen LogP contribution is 2.32. The maximum Gasteiger partial charge on any atom is 0.339 e. The van der Waals surface area contributed by atoms with Gasteiger partial charge in [0.05, 0.1) is 30.5 Å². The van der Waals surface area contributed by atoms with E-state index >= 15 is 0 Å². The number of hydrogen-bond donors (Lipinski definition) is 2. The number of carbonyl (C=O) groups excluding carboxylic acids is 2. The summed E-state index contributed by atoms with van der Waals surface area (Å²) in [6.45, 7) is 0. The number of aliphatic carboxylic acids is 1. The van der Waals surface area contributed by atoms with Gasteiger partial charge in [-0.1, -0.05) is 29.4 Å². The Labute approximate surface area is 164 Å². The second kappa shape index (κ2) is 8.09. The molecule has 29 heavy (non-hydrogen) atoms. The van der Waals surface area contributed by atoms with Crippen molar-refractivity contribution in [2.24, 2.45) is 5.16 Å². The van der Waals surface area contributed by atoms with Gasteiger partial charge in [-0.3, -0.25) is 9.59 Å². The molecule has 1 aliphatic heterocycles. The van der Waals surface area contributed by atoms with Gasteiger partial charge >= 0.3 is 11.9 Å². The van der Waals surface area contributed by atoms with Gasteiger partial charge in [-0.15, -0.1) is 0 Å². The Hall–Kier alpha value is -3.75. The van der Waals surface area contributed by atoms with Crippen LogP contribution in [0.25, 0.3) is 0 Å². The third kappa shape index (κ3) is 4.23. The minimum atomic E-state index is -1.82. The number of methoxy groups -OCH3 is 1. The van der Waals surface area contributed by atoms with E-state index in [0.29, 0.717) is 11.3 Å². The monoisotopic (exact) mass is 400 g/mol. The SMILES string of the molecule is COC(=O)c1ccccc1NC(=O)C1(CC(=O)O)CC(c2ccc(F)cc2)=NO1. The van der Waals surface area contributed by atoms with E-state index in [2.05, 4.69) is 15.2 Å². The van der Waals surface area contributed by atoms with Gasteiger partial charge < -0.3 is 20.0 Å². The maximum atomic E-state index is 13.1. The zero-order valence-corrected chi connectivity index (χ0v) is 15.3. The smallest absolute Gasteiger partial charge is 0.339 e. The summed E-state index contributed by atoms with van der Waals surface area (Å²) >= 11 is 0. The molecular weight excluding hydrogens is 383 g/mol. The molecule has 0 spiro atoms. The third-order valence-corrected chi connectivity index (χ3v) is 4.39. The highest BCUT2D eigenvalue weighted by molar-refractivity contribution is 6.10. The van der Waals surface area contributed by atoms with Gasteiger partial charge in [0.15, 0.2) is 0 Å². The lowest BCUT2D eigenvalue weighted by atomic mass is 9.90. The summed E-state index contributed by atoms with van der Waals surface area (Å²) < 4.78 is 17.8. The molecule has 0 fully saturated rings. The number of anilines is 1. The number of para-hydroxylation sites is 1. The van der Waals surface area contributed by atoms with Crippen molar-refractivity contribution in [1.82, 2.24) is 0 Å². The fourth-order valence-corrected chi connectivity index (χ4v) is 2.93. The summed E-state index contributed by atoms with van der Waals surface area (Å²) in [6, 6.07) is 11.5. The van der Waals surface area contributed by atoms with Gasteiger partial charge in [-0.2, -0.15) is 0 Å². The number of rotatable bonds is 6. The number of oxime groups is 1. The lowest BCUT2D eigenvalue weighted by Gasteiger charge is -2.24. The molecule has 0 aliphatic carbocycles.